The van der Waals surface area contributed by atoms with Crippen LogP contribution in [-0.4, -0.2) is 5.67 Å². The highest BCUT2D eigenvalue weighted by atomic mass is 19.1. The van der Waals surface area contributed by atoms with Crippen molar-refractivity contribution >= 4 is 0 Å². The van der Waals surface area contributed by atoms with Crippen molar-refractivity contribution in [3.8, 4) is 0 Å². The first-order valence-electron chi connectivity index (χ1n) is 6.35. The van der Waals surface area contributed by atoms with Gasteiger partial charge in [-0.25, -0.2) is 4.39 Å². The molecule has 2 saturated carbocycles. The lowest BCUT2D eigenvalue weighted by atomic mass is 9.78. The summed E-state index contributed by atoms with van der Waals surface area (Å²) in [6.07, 6.45) is 4.01. The summed E-state index contributed by atoms with van der Waals surface area (Å²) in [5.74, 6) is 1.62. The van der Waals surface area contributed by atoms with Crippen LogP contribution in [0, 0.1) is 22.7 Å². The van der Waals surface area contributed by atoms with Gasteiger partial charge in [0, 0.05) is 0 Å². The normalized spacial score (nSPS) is 34.0. The molecule has 0 saturated heterocycles. The van der Waals surface area contributed by atoms with Crippen LogP contribution in [0.4, 0.5) is 4.39 Å². The van der Waals surface area contributed by atoms with Gasteiger partial charge in [-0.1, -0.05) is 34.6 Å². The molecule has 0 heterocycles. The summed E-state index contributed by atoms with van der Waals surface area (Å²) in [6, 6.07) is 0. The SMILES string of the molecule is CC(C)(C)C1C[C@H]1CC(C)(C)C1(F)CC1. The Bertz CT molecular complexity index is 255. The minimum Gasteiger partial charge on any atom is -0.243 e. The summed E-state index contributed by atoms with van der Waals surface area (Å²) in [7, 11) is 0. The molecule has 2 atom stereocenters. The molecular weight excluding hydrogens is 187 g/mol. The fourth-order valence-corrected chi connectivity index (χ4v) is 3.16. The van der Waals surface area contributed by atoms with Crippen molar-refractivity contribution < 1.29 is 4.39 Å². The predicted octanol–water partition coefficient (Wildman–Crippen LogP) is 4.59. The van der Waals surface area contributed by atoms with E-state index in [4.69, 9.17) is 0 Å². The lowest BCUT2D eigenvalue weighted by Gasteiger charge is -2.30. The van der Waals surface area contributed by atoms with E-state index in [2.05, 4.69) is 34.6 Å². The average molecular weight is 212 g/mol. The molecule has 0 aromatic heterocycles. The number of alkyl halides is 1. The molecule has 0 spiro atoms. The van der Waals surface area contributed by atoms with E-state index in [1.807, 2.05) is 0 Å². The molecule has 15 heavy (non-hydrogen) atoms. The van der Waals surface area contributed by atoms with E-state index in [1.165, 1.54) is 6.42 Å². The summed E-state index contributed by atoms with van der Waals surface area (Å²) in [5.41, 5.74) is -0.483. The molecule has 0 bridgehead atoms. The zero-order valence-electron chi connectivity index (χ0n) is 10.9. The highest BCUT2D eigenvalue weighted by Gasteiger charge is 2.58. The van der Waals surface area contributed by atoms with Crippen molar-refractivity contribution in [1.29, 1.82) is 0 Å². The molecule has 2 aliphatic carbocycles. The van der Waals surface area contributed by atoms with Gasteiger partial charge in [0.1, 0.15) is 5.67 Å². The van der Waals surface area contributed by atoms with Crippen LogP contribution in [0.2, 0.25) is 0 Å². The Morgan fingerprint density at radius 3 is 2.00 bits per heavy atom. The van der Waals surface area contributed by atoms with E-state index in [9.17, 15) is 4.39 Å². The summed E-state index contributed by atoms with van der Waals surface area (Å²) in [6.45, 7) is 11.2. The molecule has 0 radical (unpaired) electrons. The minimum atomic E-state index is -0.821. The van der Waals surface area contributed by atoms with E-state index in [0.717, 1.165) is 31.1 Å². The smallest absolute Gasteiger partial charge is 0.116 e. The van der Waals surface area contributed by atoms with Gasteiger partial charge in [-0.15, -0.1) is 0 Å². The second-order valence-corrected chi connectivity index (χ2v) is 7.52. The largest absolute Gasteiger partial charge is 0.243 e. The van der Waals surface area contributed by atoms with E-state index in [0.29, 0.717) is 5.41 Å². The Kier molecular flexibility index (Phi) is 2.27. The molecule has 0 aromatic rings. The van der Waals surface area contributed by atoms with E-state index >= 15 is 0 Å². The summed E-state index contributed by atoms with van der Waals surface area (Å²) >= 11 is 0. The first kappa shape index (κ1) is 11.4. The van der Waals surface area contributed by atoms with Gasteiger partial charge < -0.3 is 0 Å². The van der Waals surface area contributed by atoms with Gasteiger partial charge >= 0.3 is 0 Å². The van der Waals surface area contributed by atoms with Crippen LogP contribution < -0.4 is 0 Å². The molecule has 0 aromatic carbocycles. The van der Waals surface area contributed by atoms with Crippen LogP contribution in [-0.2, 0) is 0 Å². The van der Waals surface area contributed by atoms with Gasteiger partial charge in [0.05, 0.1) is 0 Å². The van der Waals surface area contributed by atoms with Crippen LogP contribution in [0.3, 0.4) is 0 Å². The second-order valence-electron chi connectivity index (χ2n) is 7.52. The first-order chi connectivity index (χ1) is 6.66. The van der Waals surface area contributed by atoms with Crippen LogP contribution in [0.25, 0.3) is 0 Å². The van der Waals surface area contributed by atoms with Crippen molar-refractivity contribution in [2.45, 2.75) is 66.0 Å². The molecular formula is C14H25F. The van der Waals surface area contributed by atoms with Crippen molar-refractivity contribution in [2.75, 3.05) is 0 Å². The summed E-state index contributed by atoms with van der Waals surface area (Å²) in [4.78, 5) is 0. The number of rotatable bonds is 3. The number of hydrogen-bond acceptors (Lipinski definition) is 0. The highest BCUT2D eigenvalue weighted by molar-refractivity contribution is 5.08. The van der Waals surface area contributed by atoms with E-state index in [1.54, 1.807) is 0 Å². The predicted molar refractivity (Wildman–Crippen MR) is 62.5 cm³/mol. The fourth-order valence-electron chi connectivity index (χ4n) is 3.16. The van der Waals surface area contributed by atoms with Gasteiger partial charge in [-0.2, -0.15) is 0 Å². The maximum absolute atomic E-state index is 14.1. The standard InChI is InChI=1S/C14H25F/c1-12(2,3)11-8-10(11)9-13(4,5)14(15)6-7-14/h10-11H,6-9H2,1-5H3/t10-,11?/m0/s1. The van der Waals surface area contributed by atoms with Crippen LogP contribution in [0.15, 0.2) is 0 Å². The molecule has 0 N–H and O–H groups in total. The van der Waals surface area contributed by atoms with Crippen molar-refractivity contribution in [2.24, 2.45) is 22.7 Å². The molecule has 2 fully saturated rings. The Hall–Kier alpha value is -0.0700. The average Bonchev–Trinajstić information content (AvgIpc) is 2.84. The van der Waals surface area contributed by atoms with Gasteiger partial charge in [0.25, 0.3) is 0 Å². The molecule has 1 unspecified atom stereocenters. The maximum atomic E-state index is 14.1. The molecule has 0 aliphatic heterocycles. The lowest BCUT2D eigenvalue weighted by Crippen LogP contribution is -2.28. The molecule has 2 rings (SSSR count). The van der Waals surface area contributed by atoms with Gasteiger partial charge in [-0.3, -0.25) is 0 Å². The fraction of sp³-hybridized carbons (Fsp3) is 1.00. The van der Waals surface area contributed by atoms with Gasteiger partial charge in [0.2, 0.25) is 0 Å². The molecule has 88 valence electrons. The van der Waals surface area contributed by atoms with Crippen molar-refractivity contribution in [1.82, 2.24) is 0 Å². The van der Waals surface area contributed by atoms with Crippen LogP contribution in [0.5, 0.6) is 0 Å². The number of hydrogen-bond donors (Lipinski definition) is 0. The Morgan fingerprint density at radius 1 is 1.13 bits per heavy atom. The number of halogens is 1. The second kappa shape index (κ2) is 2.99. The van der Waals surface area contributed by atoms with E-state index < -0.39 is 5.67 Å². The Morgan fingerprint density at radius 2 is 1.67 bits per heavy atom. The lowest BCUT2D eigenvalue weighted by molar-refractivity contribution is 0.0969. The Labute approximate surface area is 93.6 Å². The van der Waals surface area contributed by atoms with Crippen molar-refractivity contribution in [3.05, 3.63) is 0 Å². The molecule has 2 aliphatic rings. The third-order valence-electron chi connectivity index (χ3n) is 4.71. The van der Waals surface area contributed by atoms with Crippen LogP contribution in [0.1, 0.15) is 60.3 Å². The van der Waals surface area contributed by atoms with E-state index in [-0.39, 0.29) is 5.41 Å². The quantitative estimate of drug-likeness (QED) is 0.642. The summed E-state index contributed by atoms with van der Waals surface area (Å²) < 4.78 is 14.1. The monoisotopic (exact) mass is 212 g/mol. The highest BCUT2D eigenvalue weighted by Crippen LogP contribution is 2.61. The zero-order chi connectivity index (χ0) is 11.5. The minimum absolute atomic E-state index is 0.0856. The van der Waals surface area contributed by atoms with Crippen molar-refractivity contribution in [3.63, 3.8) is 0 Å². The van der Waals surface area contributed by atoms with Crippen LogP contribution >= 0.6 is 0 Å². The Balaban J connectivity index is 1.90. The zero-order valence-corrected chi connectivity index (χ0v) is 10.9. The third-order valence-corrected chi connectivity index (χ3v) is 4.71. The first-order valence-corrected chi connectivity index (χ1v) is 6.35. The molecule has 0 amide bonds. The molecule has 0 nitrogen and oxygen atoms in total. The summed E-state index contributed by atoms with van der Waals surface area (Å²) in [5, 5.41) is 0. The third kappa shape index (κ3) is 2.07. The van der Waals surface area contributed by atoms with Gasteiger partial charge in [0.15, 0.2) is 0 Å². The van der Waals surface area contributed by atoms with Gasteiger partial charge in [-0.05, 0) is 48.3 Å². The topological polar surface area (TPSA) is 0 Å². The molecule has 1 heteroatoms. The maximum Gasteiger partial charge on any atom is 0.116 e.